The monoisotopic (exact) mass is 270 g/mol. The van der Waals surface area contributed by atoms with Gasteiger partial charge in [0.05, 0.1) is 0 Å². The third kappa shape index (κ3) is 2.04. The van der Waals surface area contributed by atoms with E-state index in [4.69, 9.17) is 4.74 Å². The minimum atomic E-state index is 0.355. The lowest BCUT2D eigenvalue weighted by molar-refractivity contribution is 0.487. The summed E-state index contributed by atoms with van der Waals surface area (Å²) in [5, 5.41) is 0. The van der Waals surface area contributed by atoms with Gasteiger partial charge in [-0.2, -0.15) is 0 Å². The number of hydrogen-bond donors (Lipinski definition) is 0. The van der Waals surface area contributed by atoms with Gasteiger partial charge in [-0.05, 0) is 34.2 Å². The third-order valence-electron chi connectivity index (χ3n) is 4.19. The first kappa shape index (κ1) is 12.3. The molecular weight excluding hydrogens is 255 g/mol. The van der Waals surface area contributed by atoms with Gasteiger partial charge in [0.15, 0.2) is 0 Å². The number of para-hydroxylation sites is 1. The lowest BCUT2D eigenvalue weighted by Gasteiger charge is -2.24. The largest absolute Gasteiger partial charge is 0.458 e. The highest BCUT2D eigenvalue weighted by Crippen LogP contribution is 2.27. The van der Waals surface area contributed by atoms with Crippen LogP contribution in [0.2, 0.25) is 6.82 Å². The average Bonchev–Trinajstić information content (AvgIpc) is 2.56. The molecule has 21 heavy (non-hydrogen) atoms. The fourth-order valence-corrected chi connectivity index (χ4v) is 3.01. The molecule has 1 aliphatic rings. The molecule has 0 aromatic heterocycles. The van der Waals surface area contributed by atoms with Crippen LogP contribution in [0.5, 0.6) is 11.5 Å². The van der Waals surface area contributed by atoms with Crippen LogP contribution in [0.1, 0.15) is 0 Å². The third-order valence-corrected chi connectivity index (χ3v) is 4.19. The van der Waals surface area contributed by atoms with Crippen molar-refractivity contribution in [3.8, 4) is 22.6 Å². The van der Waals surface area contributed by atoms with Crippen molar-refractivity contribution in [2.45, 2.75) is 6.82 Å². The summed E-state index contributed by atoms with van der Waals surface area (Å²) in [5.74, 6) is 1.95. The van der Waals surface area contributed by atoms with Crippen LogP contribution >= 0.6 is 0 Å². The zero-order valence-electron chi connectivity index (χ0n) is 11.9. The minimum absolute atomic E-state index is 0.355. The van der Waals surface area contributed by atoms with E-state index in [-0.39, 0.29) is 0 Å². The lowest BCUT2D eigenvalue weighted by atomic mass is 9.41. The molecule has 0 atom stereocenters. The summed E-state index contributed by atoms with van der Waals surface area (Å²) in [6.45, 7) is 2.60. The Bertz CT molecular complexity index is 796. The molecule has 0 amide bonds. The molecular formula is C19H15BO. The number of fused-ring (bicyclic) bond motifs is 2. The molecule has 0 N–H and O–H groups in total. The SMILES string of the molecule is CB1c2ccccc2Oc2ccc(-c3ccccc3)cc21. The molecule has 100 valence electrons. The van der Waals surface area contributed by atoms with Crippen molar-refractivity contribution >= 4 is 17.6 Å². The van der Waals surface area contributed by atoms with E-state index in [1.165, 1.54) is 22.1 Å². The van der Waals surface area contributed by atoms with Gasteiger partial charge in [-0.15, -0.1) is 0 Å². The summed E-state index contributed by atoms with van der Waals surface area (Å²) in [6.07, 6.45) is 0. The van der Waals surface area contributed by atoms with Gasteiger partial charge in [-0.25, -0.2) is 0 Å². The highest BCUT2D eigenvalue weighted by atomic mass is 16.5. The molecule has 0 aliphatic carbocycles. The maximum atomic E-state index is 6.04. The summed E-state index contributed by atoms with van der Waals surface area (Å²) in [7, 11) is 0. The fraction of sp³-hybridized carbons (Fsp3) is 0.0526. The van der Waals surface area contributed by atoms with Gasteiger partial charge in [0.1, 0.15) is 11.5 Å². The summed E-state index contributed by atoms with van der Waals surface area (Å²) in [6, 6.07) is 25.2. The molecule has 1 heterocycles. The highest BCUT2D eigenvalue weighted by molar-refractivity contribution is 6.85. The van der Waals surface area contributed by atoms with Crippen LogP contribution in [0.15, 0.2) is 72.8 Å². The van der Waals surface area contributed by atoms with E-state index in [9.17, 15) is 0 Å². The quantitative estimate of drug-likeness (QED) is 0.613. The van der Waals surface area contributed by atoms with Crippen LogP contribution in [0.3, 0.4) is 0 Å². The van der Waals surface area contributed by atoms with Gasteiger partial charge in [-0.1, -0.05) is 67.5 Å². The lowest BCUT2D eigenvalue weighted by Crippen LogP contribution is -2.43. The zero-order valence-corrected chi connectivity index (χ0v) is 11.9. The molecule has 3 aromatic carbocycles. The van der Waals surface area contributed by atoms with Gasteiger partial charge in [0.25, 0.3) is 0 Å². The molecule has 1 aliphatic heterocycles. The van der Waals surface area contributed by atoms with Crippen LogP contribution in [0, 0.1) is 0 Å². The maximum absolute atomic E-state index is 6.04. The Kier molecular flexibility index (Phi) is 2.82. The average molecular weight is 270 g/mol. The first-order chi connectivity index (χ1) is 10.3. The molecule has 0 radical (unpaired) electrons. The van der Waals surface area contributed by atoms with Crippen LogP contribution < -0.4 is 15.7 Å². The van der Waals surface area contributed by atoms with Crippen LogP contribution in [-0.4, -0.2) is 6.71 Å². The first-order valence-electron chi connectivity index (χ1n) is 7.29. The van der Waals surface area contributed by atoms with Crippen molar-refractivity contribution in [3.05, 3.63) is 72.8 Å². The number of rotatable bonds is 1. The van der Waals surface area contributed by atoms with Crippen LogP contribution in [-0.2, 0) is 0 Å². The summed E-state index contributed by atoms with van der Waals surface area (Å²) >= 11 is 0. The highest BCUT2D eigenvalue weighted by Gasteiger charge is 2.26. The van der Waals surface area contributed by atoms with E-state index in [2.05, 4.69) is 61.4 Å². The Morgan fingerprint density at radius 1 is 0.667 bits per heavy atom. The predicted molar refractivity (Wildman–Crippen MR) is 89.3 cm³/mol. The fourth-order valence-electron chi connectivity index (χ4n) is 3.01. The number of benzene rings is 3. The molecule has 0 bridgehead atoms. The molecule has 3 aromatic rings. The van der Waals surface area contributed by atoms with Crippen molar-refractivity contribution in [1.82, 2.24) is 0 Å². The smallest absolute Gasteiger partial charge is 0.216 e. The molecule has 0 unspecified atom stereocenters. The Balaban J connectivity index is 1.83. The van der Waals surface area contributed by atoms with Gasteiger partial charge in [0.2, 0.25) is 6.71 Å². The van der Waals surface area contributed by atoms with E-state index in [1.807, 2.05) is 18.2 Å². The van der Waals surface area contributed by atoms with Crippen molar-refractivity contribution in [3.63, 3.8) is 0 Å². The van der Waals surface area contributed by atoms with Crippen molar-refractivity contribution in [1.29, 1.82) is 0 Å². The minimum Gasteiger partial charge on any atom is -0.458 e. The standard InChI is InChI=1S/C19H15BO/c1-20-16-9-5-6-10-18(16)21-19-12-11-15(13-17(19)20)14-7-3-2-4-8-14/h2-13H,1H3. The van der Waals surface area contributed by atoms with E-state index < -0.39 is 0 Å². The number of ether oxygens (including phenoxy) is 1. The summed E-state index contributed by atoms with van der Waals surface area (Å²) < 4.78 is 6.04. The van der Waals surface area contributed by atoms with Gasteiger partial charge in [-0.3, -0.25) is 0 Å². The number of hydrogen-bond acceptors (Lipinski definition) is 1. The second-order valence-corrected chi connectivity index (χ2v) is 5.48. The zero-order chi connectivity index (χ0) is 14.2. The molecule has 1 nitrogen and oxygen atoms in total. The van der Waals surface area contributed by atoms with Gasteiger partial charge < -0.3 is 4.74 Å². The van der Waals surface area contributed by atoms with Crippen molar-refractivity contribution < 1.29 is 4.74 Å². The van der Waals surface area contributed by atoms with Crippen LogP contribution in [0.25, 0.3) is 11.1 Å². The molecule has 0 saturated carbocycles. The Morgan fingerprint density at radius 3 is 2.24 bits per heavy atom. The molecule has 0 fully saturated rings. The van der Waals surface area contributed by atoms with E-state index >= 15 is 0 Å². The topological polar surface area (TPSA) is 9.23 Å². The normalized spacial score (nSPS) is 12.3. The Labute approximate surface area is 125 Å². The molecule has 2 heteroatoms. The predicted octanol–water partition coefficient (Wildman–Crippen LogP) is 3.70. The Morgan fingerprint density at radius 2 is 1.38 bits per heavy atom. The van der Waals surface area contributed by atoms with E-state index in [1.54, 1.807) is 0 Å². The molecule has 0 spiro atoms. The summed E-state index contributed by atoms with van der Waals surface area (Å²) in [4.78, 5) is 0. The van der Waals surface area contributed by atoms with Gasteiger partial charge >= 0.3 is 0 Å². The van der Waals surface area contributed by atoms with E-state index in [0.29, 0.717) is 6.71 Å². The van der Waals surface area contributed by atoms with Crippen molar-refractivity contribution in [2.75, 3.05) is 0 Å². The second-order valence-electron chi connectivity index (χ2n) is 5.48. The van der Waals surface area contributed by atoms with E-state index in [0.717, 1.165) is 11.5 Å². The van der Waals surface area contributed by atoms with Crippen LogP contribution in [0.4, 0.5) is 0 Å². The molecule has 0 saturated heterocycles. The summed E-state index contributed by atoms with van der Waals surface area (Å²) in [5.41, 5.74) is 5.00. The second kappa shape index (κ2) is 4.82. The maximum Gasteiger partial charge on any atom is 0.216 e. The van der Waals surface area contributed by atoms with Crippen molar-refractivity contribution in [2.24, 2.45) is 0 Å². The van der Waals surface area contributed by atoms with Gasteiger partial charge in [0, 0.05) is 0 Å². The first-order valence-corrected chi connectivity index (χ1v) is 7.29. The Hall–Kier alpha value is -2.48. The molecule has 4 rings (SSSR count).